The number of ether oxygens (including phenoxy) is 2. The van der Waals surface area contributed by atoms with Crippen molar-refractivity contribution in [3.8, 4) is 22.9 Å². The van der Waals surface area contributed by atoms with Gasteiger partial charge < -0.3 is 20.1 Å². The number of benzene rings is 1. The molecule has 3 heterocycles. The largest absolute Gasteiger partial charge is 0.456 e. The summed E-state index contributed by atoms with van der Waals surface area (Å²) in [6.07, 6.45) is 2.35. The van der Waals surface area contributed by atoms with Gasteiger partial charge in [-0.25, -0.2) is 19.3 Å². The third-order valence-corrected chi connectivity index (χ3v) is 5.42. The minimum absolute atomic E-state index is 0.120. The van der Waals surface area contributed by atoms with E-state index in [0.29, 0.717) is 46.7 Å². The van der Waals surface area contributed by atoms with E-state index in [1.54, 1.807) is 18.2 Å². The third kappa shape index (κ3) is 5.15. The number of aromatic nitrogens is 3. The molecular weight excluding hydrogens is 433 g/mol. The third-order valence-electron chi connectivity index (χ3n) is 5.19. The number of halogens is 2. The predicted molar refractivity (Wildman–Crippen MR) is 122 cm³/mol. The monoisotopic (exact) mass is 457 g/mol. The molecule has 0 amide bonds. The van der Waals surface area contributed by atoms with Gasteiger partial charge in [0.1, 0.15) is 23.5 Å². The molecule has 1 fully saturated rings. The Labute approximate surface area is 191 Å². The number of nitrogens with two attached hydrogens (primary N) is 1. The second-order valence-electron chi connectivity index (χ2n) is 7.39. The van der Waals surface area contributed by atoms with Crippen molar-refractivity contribution >= 4 is 17.4 Å². The van der Waals surface area contributed by atoms with E-state index in [1.165, 1.54) is 12.4 Å². The highest BCUT2D eigenvalue weighted by Crippen LogP contribution is 2.35. The number of morpholine rings is 1. The van der Waals surface area contributed by atoms with Crippen molar-refractivity contribution in [2.75, 3.05) is 37.7 Å². The van der Waals surface area contributed by atoms with Gasteiger partial charge in [-0.1, -0.05) is 18.5 Å². The van der Waals surface area contributed by atoms with Crippen LogP contribution in [0, 0.1) is 0 Å². The van der Waals surface area contributed by atoms with E-state index in [1.807, 2.05) is 12.1 Å². The summed E-state index contributed by atoms with van der Waals surface area (Å²) in [4.78, 5) is 15.5. The fourth-order valence-electron chi connectivity index (χ4n) is 3.41. The van der Waals surface area contributed by atoms with Crippen LogP contribution in [0.25, 0.3) is 11.4 Å². The van der Waals surface area contributed by atoms with Gasteiger partial charge in [0.25, 0.3) is 0 Å². The predicted octanol–water partition coefficient (Wildman–Crippen LogP) is 4.35. The van der Waals surface area contributed by atoms with Gasteiger partial charge in [0.2, 0.25) is 0 Å². The summed E-state index contributed by atoms with van der Waals surface area (Å²) in [7, 11) is 0. The SMILES string of the molecule is CCc1cc(Oc2cc(Cl)ccc2-c2ncc(C(F)CN)cn2)cc(N2CCOCC2)n1. The van der Waals surface area contributed by atoms with Crippen molar-refractivity contribution in [1.82, 2.24) is 15.0 Å². The van der Waals surface area contributed by atoms with Crippen LogP contribution in [0.4, 0.5) is 10.2 Å². The molecule has 9 heteroatoms. The normalized spacial score (nSPS) is 14.9. The average Bonchev–Trinajstić information content (AvgIpc) is 2.84. The smallest absolute Gasteiger partial charge is 0.162 e. The van der Waals surface area contributed by atoms with Gasteiger partial charge in [-0.2, -0.15) is 0 Å². The fourth-order valence-corrected chi connectivity index (χ4v) is 3.57. The van der Waals surface area contributed by atoms with Crippen LogP contribution in [-0.2, 0) is 11.2 Å². The summed E-state index contributed by atoms with van der Waals surface area (Å²) in [5.41, 5.74) is 7.29. The van der Waals surface area contributed by atoms with Crippen molar-refractivity contribution in [2.45, 2.75) is 19.5 Å². The zero-order chi connectivity index (χ0) is 22.5. The first-order valence-corrected chi connectivity index (χ1v) is 10.9. The molecule has 1 atom stereocenters. The first-order valence-electron chi connectivity index (χ1n) is 10.5. The number of anilines is 1. The van der Waals surface area contributed by atoms with Gasteiger partial charge in [0.15, 0.2) is 5.82 Å². The minimum Gasteiger partial charge on any atom is -0.456 e. The Morgan fingerprint density at radius 1 is 1.19 bits per heavy atom. The summed E-state index contributed by atoms with van der Waals surface area (Å²) in [5, 5.41) is 0.519. The van der Waals surface area contributed by atoms with Gasteiger partial charge >= 0.3 is 0 Å². The fraction of sp³-hybridized carbons (Fsp3) is 0.348. The van der Waals surface area contributed by atoms with E-state index in [-0.39, 0.29) is 6.54 Å². The molecule has 1 unspecified atom stereocenters. The number of pyridine rings is 1. The van der Waals surface area contributed by atoms with Crippen LogP contribution >= 0.6 is 11.6 Å². The van der Waals surface area contributed by atoms with Gasteiger partial charge in [0.05, 0.1) is 18.8 Å². The molecule has 1 aliphatic heterocycles. The maximum Gasteiger partial charge on any atom is 0.162 e. The molecule has 0 radical (unpaired) electrons. The molecule has 1 aliphatic rings. The maximum atomic E-state index is 13.8. The highest BCUT2D eigenvalue weighted by atomic mass is 35.5. The van der Waals surface area contributed by atoms with Crippen molar-refractivity contribution in [3.05, 3.63) is 59.0 Å². The lowest BCUT2D eigenvalue weighted by Crippen LogP contribution is -2.36. The van der Waals surface area contributed by atoms with Gasteiger partial charge in [-0.3, -0.25) is 0 Å². The Bertz CT molecular complexity index is 1060. The molecule has 7 nitrogen and oxygen atoms in total. The number of nitrogens with zero attached hydrogens (tertiary/aromatic N) is 4. The second-order valence-corrected chi connectivity index (χ2v) is 7.83. The molecule has 1 aromatic carbocycles. The van der Waals surface area contributed by atoms with Crippen LogP contribution in [-0.4, -0.2) is 47.8 Å². The van der Waals surface area contributed by atoms with Crippen molar-refractivity contribution < 1.29 is 13.9 Å². The number of hydrogen-bond donors (Lipinski definition) is 1. The molecule has 3 aromatic rings. The zero-order valence-electron chi connectivity index (χ0n) is 17.8. The summed E-state index contributed by atoms with van der Waals surface area (Å²) < 4.78 is 25.5. The lowest BCUT2D eigenvalue weighted by molar-refractivity contribution is 0.122. The van der Waals surface area contributed by atoms with Crippen molar-refractivity contribution in [3.63, 3.8) is 0 Å². The Hall–Kier alpha value is -2.81. The van der Waals surface area contributed by atoms with Crippen LogP contribution < -0.4 is 15.4 Å². The van der Waals surface area contributed by atoms with E-state index >= 15 is 0 Å². The van der Waals surface area contributed by atoms with E-state index in [2.05, 4.69) is 21.8 Å². The van der Waals surface area contributed by atoms with Crippen LogP contribution in [0.15, 0.2) is 42.7 Å². The maximum absolute atomic E-state index is 13.8. The second kappa shape index (κ2) is 10.2. The molecule has 4 rings (SSSR count). The number of rotatable bonds is 7. The summed E-state index contributed by atoms with van der Waals surface area (Å²) in [6.45, 7) is 4.83. The molecule has 0 bridgehead atoms. The van der Waals surface area contributed by atoms with E-state index in [4.69, 9.17) is 31.8 Å². The average molecular weight is 458 g/mol. The number of alkyl halides is 1. The molecule has 2 aromatic heterocycles. The number of aryl methyl sites for hydroxylation is 1. The van der Waals surface area contributed by atoms with E-state index in [0.717, 1.165) is 31.0 Å². The van der Waals surface area contributed by atoms with Crippen LogP contribution in [0.1, 0.15) is 24.4 Å². The van der Waals surface area contributed by atoms with Crippen LogP contribution in [0.5, 0.6) is 11.5 Å². The van der Waals surface area contributed by atoms with E-state index < -0.39 is 6.17 Å². The quantitative estimate of drug-likeness (QED) is 0.564. The minimum atomic E-state index is -1.30. The summed E-state index contributed by atoms with van der Waals surface area (Å²) >= 11 is 6.25. The number of hydrogen-bond acceptors (Lipinski definition) is 7. The Morgan fingerprint density at radius 3 is 2.62 bits per heavy atom. The summed E-state index contributed by atoms with van der Waals surface area (Å²) in [6, 6.07) is 9.06. The summed E-state index contributed by atoms with van der Waals surface area (Å²) in [5.74, 6) is 2.40. The van der Waals surface area contributed by atoms with Gasteiger partial charge in [0, 0.05) is 66.5 Å². The van der Waals surface area contributed by atoms with Gasteiger partial charge in [-0.15, -0.1) is 0 Å². The lowest BCUT2D eigenvalue weighted by atomic mass is 10.1. The Morgan fingerprint density at radius 2 is 1.94 bits per heavy atom. The molecular formula is C23H25ClFN5O2. The first-order chi connectivity index (χ1) is 15.6. The Balaban J connectivity index is 1.66. The van der Waals surface area contributed by atoms with Crippen LogP contribution in [0.2, 0.25) is 5.02 Å². The highest BCUT2D eigenvalue weighted by molar-refractivity contribution is 6.30. The lowest BCUT2D eigenvalue weighted by Gasteiger charge is -2.28. The topological polar surface area (TPSA) is 86.4 Å². The van der Waals surface area contributed by atoms with Crippen molar-refractivity contribution in [2.24, 2.45) is 5.73 Å². The molecule has 32 heavy (non-hydrogen) atoms. The molecule has 1 saturated heterocycles. The Kier molecular flexibility index (Phi) is 7.14. The molecule has 2 N–H and O–H groups in total. The standard InChI is InChI=1S/C23H25ClFN5O2/c1-2-17-10-18(11-22(29-17)30-5-7-31-8-6-30)32-21-9-16(24)3-4-19(21)23-27-13-15(14-28-23)20(25)12-26/h3-4,9-11,13-14,20H,2,5-8,12,26H2,1H3. The van der Waals surface area contributed by atoms with Gasteiger partial charge in [-0.05, 0) is 18.6 Å². The molecule has 0 saturated carbocycles. The van der Waals surface area contributed by atoms with E-state index in [9.17, 15) is 4.39 Å². The highest BCUT2D eigenvalue weighted by Gasteiger charge is 2.17. The molecule has 0 aliphatic carbocycles. The first kappa shape index (κ1) is 22.4. The molecule has 168 valence electrons. The van der Waals surface area contributed by atoms with Crippen LogP contribution in [0.3, 0.4) is 0 Å². The zero-order valence-corrected chi connectivity index (χ0v) is 18.6. The van der Waals surface area contributed by atoms with Crippen molar-refractivity contribution in [1.29, 1.82) is 0 Å². The molecule has 0 spiro atoms.